The second-order valence-corrected chi connectivity index (χ2v) is 9.21. The topological polar surface area (TPSA) is 100 Å². The fraction of sp³-hybridized carbons (Fsp3) is 0.241. The lowest BCUT2D eigenvalue weighted by Gasteiger charge is -2.21. The third-order valence-electron chi connectivity index (χ3n) is 6.66. The summed E-state index contributed by atoms with van der Waals surface area (Å²) in [5.41, 5.74) is 5.63. The third-order valence-corrected chi connectivity index (χ3v) is 6.66. The number of nitrogens with one attached hydrogen (secondary N) is 1. The van der Waals surface area contributed by atoms with Crippen molar-refractivity contribution in [1.82, 2.24) is 14.5 Å². The standard InChI is InChI=1S/C29H29N5O3/c1-3-4-7-19-11-12-22-20(14-19)16-34(28(22)36)26-10-5-9-23(24(26)18-35)25-17-33(2)29(37)27(32-25)31-21-8-6-13-30-15-21/h5-6,8-15,17,35H,3-4,7,16,18H2,1-2H3,(H,31,32). The smallest absolute Gasteiger partial charge is 0.293 e. The predicted octanol–water partition coefficient (Wildman–Crippen LogP) is 4.58. The largest absolute Gasteiger partial charge is 0.392 e. The lowest BCUT2D eigenvalue weighted by molar-refractivity contribution is 0.0996. The summed E-state index contributed by atoms with van der Waals surface area (Å²) in [6.45, 7) is 2.32. The number of hydrogen-bond acceptors (Lipinski definition) is 6. The Hall–Kier alpha value is -4.30. The summed E-state index contributed by atoms with van der Waals surface area (Å²) < 4.78 is 1.45. The molecule has 0 radical (unpaired) electrons. The molecule has 188 valence electrons. The molecule has 0 spiro atoms. The number of aryl methyl sites for hydroxylation is 2. The molecule has 0 unspecified atom stereocenters. The van der Waals surface area contributed by atoms with Crippen molar-refractivity contribution in [2.45, 2.75) is 39.3 Å². The molecule has 4 aromatic rings. The van der Waals surface area contributed by atoms with Gasteiger partial charge in [0.1, 0.15) is 0 Å². The van der Waals surface area contributed by atoms with Crippen molar-refractivity contribution in [3.8, 4) is 11.3 Å². The number of hydrogen-bond donors (Lipinski definition) is 2. The van der Waals surface area contributed by atoms with Crippen LogP contribution in [0.3, 0.4) is 0 Å². The first-order valence-electron chi connectivity index (χ1n) is 12.4. The van der Waals surface area contributed by atoms with Crippen LogP contribution in [-0.4, -0.2) is 25.5 Å². The molecule has 0 atom stereocenters. The molecule has 37 heavy (non-hydrogen) atoms. The van der Waals surface area contributed by atoms with Crippen molar-refractivity contribution in [3.63, 3.8) is 0 Å². The van der Waals surface area contributed by atoms with Gasteiger partial charge in [0.05, 0.1) is 36.4 Å². The van der Waals surface area contributed by atoms with Crippen LogP contribution in [0.15, 0.2) is 71.9 Å². The van der Waals surface area contributed by atoms with Gasteiger partial charge in [-0.25, -0.2) is 4.98 Å². The van der Waals surface area contributed by atoms with Crippen molar-refractivity contribution in [2.75, 3.05) is 10.2 Å². The number of carbonyl (C=O) groups excluding carboxylic acids is 1. The highest BCUT2D eigenvalue weighted by atomic mass is 16.3. The Balaban J connectivity index is 1.52. The number of rotatable bonds is 8. The van der Waals surface area contributed by atoms with Crippen LogP contribution in [0, 0.1) is 0 Å². The molecule has 0 saturated carbocycles. The Labute approximate surface area is 215 Å². The van der Waals surface area contributed by atoms with Crippen LogP contribution < -0.4 is 15.8 Å². The van der Waals surface area contributed by atoms with Crippen molar-refractivity contribution in [1.29, 1.82) is 0 Å². The SMILES string of the molecule is CCCCc1ccc2c(c1)CN(c1cccc(-c3cn(C)c(=O)c(Nc4cccnc4)n3)c1CO)C2=O. The molecule has 0 aliphatic carbocycles. The Bertz CT molecular complexity index is 1510. The first-order valence-corrected chi connectivity index (χ1v) is 12.4. The van der Waals surface area contributed by atoms with Gasteiger partial charge >= 0.3 is 0 Å². The molecule has 5 rings (SSSR count). The molecule has 0 saturated heterocycles. The highest BCUT2D eigenvalue weighted by Crippen LogP contribution is 2.36. The first-order chi connectivity index (χ1) is 18.0. The molecule has 8 nitrogen and oxygen atoms in total. The third kappa shape index (κ3) is 4.75. The number of aliphatic hydroxyl groups excluding tert-OH is 1. The monoisotopic (exact) mass is 495 g/mol. The number of pyridine rings is 1. The minimum absolute atomic E-state index is 0.0868. The number of benzene rings is 2. The van der Waals surface area contributed by atoms with Crippen LogP contribution in [0.25, 0.3) is 11.3 Å². The number of aromatic nitrogens is 3. The number of anilines is 3. The van der Waals surface area contributed by atoms with Crippen LogP contribution in [0.4, 0.5) is 17.2 Å². The van der Waals surface area contributed by atoms with Gasteiger partial charge in [-0.05, 0) is 48.2 Å². The summed E-state index contributed by atoms with van der Waals surface area (Å²) in [7, 11) is 1.65. The second-order valence-electron chi connectivity index (χ2n) is 9.21. The fourth-order valence-electron chi connectivity index (χ4n) is 4.73. The molecule has 8 heteroatoms. The highest BCUT2D eigenvalue weighted by Gasteiger charge is 2.30. The number of aliphatic hydroxyl groups is 1. The number of unbranched alkanes of at least 4 members (excludes halogenated alkanes) is 1. The van der Waals surface area contributed by atoms with Gasteiger partial charge in [-0.1, -0.05) is 37.6 Å². The van der Waals surface area contributed by atoms with Gasteiger partial charge in [-0.3, -0.25) is 14.6 Å². The average Bonchev–Trinajstić information content (AvgIpc) is 3.25. The predicted molar refractivity (Wildman–Crippen MR) is 144 cm³/mol. The normalized spacial score (nSPS) is 12.6. The molecule has 2 aromatic heterocycles. The molecule has 2 aromatic carbocycles. The van der Waals surface area contributed by atoms with E-state index in [-0.39, 0.29) is 23.9 Å². The number of nitrogens with zero attached hydrogens (tertiary/aromatic N) is 4. The summed E-state index contributed by atoms with van der Waals surface area (Å²) in [6.07, 6.45) is 8.11. The summed E-state index contributed by atoms with van der Waals surface area (Å²) in [5, 5.41) is 13.5. The van der Waals surface area contributed by atoms with E-state index >= 15 is 0 Å². The summed E-state index contributed by atoms with van der Waals surface area (Å²) >= 11 is 0. The lowest BCUT2D eigenvalue weighted by atomic mass is 10.0. The van der Waals surface area contributed by atoms with Crippen molar-refractivity contribution < 1.29 is 9.90 Å². The zero-order valence-corrected chi connectivity index (χ0v) is 20.9. The van der Waals surface area contributed by atoms with Crippen LogP contribution in [0.2, 0.25) is 0 Å². The molecule has 1 aliphatic rings. The van der Waals surface area contributed by atoms with Gasteiger partial charge < -0.3 is 19.9 Å². The van der Waals surface area contributed by atoms with Crippen LogP contribution in [0.1, 0.15) is 46.8 Å². The Morgan fingerprint density at radius 2 is 1.95 bits per heavy atom. The Morgan fingerprint density at radius 3 is 2.70 bits per heavy atom. The zero-order chi connectivity index (χ0) is 25.9. The van der Waals surface area contributed by atoms with Gasteiger partial charge in [0.15, 0.2) is 5.82 Å². The molecule has 3 heterocycles. The van der Waals surface area contributed by atoms with Gasteiger partial charge in [-0.2, -0.15) is 0 Å². The van der Waals surface area contributed by atoms with Crippen molar-refractivity contribution in [2.24, 2.45) is 7.05 Å². The van der Waals surface area contributed by atoms with E-state index < -0.39 is 0 Å². The molecular formula is C29H29N5O3. The maximum absolute atomic E-state index is 13.4. The molecule has 1 aliphatic heterocycles. The zero-order valence-electron chi connectivity index (χ0n) is 20.9. The van der Waals surface area contributed by atoms with Gasteiger partial charge in [0.25, 0.3) is 11.5 Å². The number of fused-ring (bicyclic) bond motifs is 1. The molecule has 0 fully saturated rings. The Morgan fingerprint density at radius 1 is 1.08 bits per heavy atom. The number of amides is 1. The van der Waals surface area contributed by atoms with E-state index in [1.165, 1.54) is 10.1 Å². The van der Waals surface area contributed by atoms with E-state index in [0.29, 0.717) is 40.3 Å². The van der Waals surface area contributed by atoms with Crippen molar-refractivity contribution in [3.05, 3.63) is 99.7 Å². The van der Waals surface area contributed by atoms with E-state index in [9.17, 15) is 14.7 Å². The quantitative estimate of drug-likeness (QED) is 0.371. The maximum atomic E-state index is 13.4. The van der Waals surface area contributed by atoms with Crippen molar-refractivity contribution >= 4 is 23.1 Å². The van der Waals surface area contributed by atoms with E-state index in [1.807, 2.05) is 30.3 Å². The highest BCUT2D eigenvalue weighted by molar-refractivity contribution is 6.10. The summed E-state index contributed by atoms with van der Waals surface area (Å²) in [5.74, 6) is 0.0581. The van der Waals surface area contributed by atoms with Gasteiger partial charge in [-0.15, -0.1) is 0 Å². The van der Waals surface area contributed by atoms with E-state index in [0.717, 1.165) is 24.8 Å². The first kappa shape index (κ1) is 24.4. The van der Waals surface area contributed by atoms with Crippen LogP contribution in [0.5, 0.6) is 0 Å². The van der Waals surface area contributed by atoms with E-state index in [1.54, 1.807) is 42.7 Å². The molecule has 0 bridgehead atoms. The van der Waals surface area contributed by atoms with Crippen LogP contribution >= 0.6 is 0 Å². The van der Waals surface area contributed by atoms with E-state index in [4.69, 9.17) is 0 Å². The molecule has 2 N–H and O–H groups in total. The molecular weight excluding hydrogens is 466 g/mol. The fourth-order valence-corrected chi connectivity index (χ4v) is 4.73. The summed E-state index contributed by atoms with van der Waals surface area (Å²) in [6, 6.07) is 15.1. The van der Waals surface area contributed by atoms with Crippen LogP contribution in [-0.2, 0) is 26.6 Å². The minimum Gasteiger partial charge on any atom is -0.392 e. The lowest BCUT2D eigenvalue weighted by Crippen LogP contribution is -2.25. The second kappa shape index (κ2) is 10.4. The average molecular weight is 496 g/mol. The van der Waals surface area contributed by atoms with Gasteiger partial charge in [0, 0.05) is 36.1 Å². The Kier molecular flexibility index (Phi) is 6.83. The summed E-state index contributed by atoms with van der Waals surface area (Å²) in [4.78, 5) is 36.5. The maximum Gasteiger partial charge on any atom is 0.293 e. The number of carbonyl (C=O) groups is 1. The van der Waals surface area contributed by atoms with E-state index in [2.05, 4.69) is 28.3 Å². The minimum atomic E-state index is -0.293. The van der Waals surface area contributed by atoms with Gasteiger partial charge in [0.2, 0.25) is 0 Å². The molecule has 1 amide bonds.